The number of rotatable bonds is 6. The lowest BCUT2D eigenvalue weighted by molar-refractivity contribution is -0.125. The van der Waals surface area contributed by atoms with Crippen molar-refractivity contribution in [1.82, 2.24) is 5.32 Å². The molecule has 0 saturated heterocycles. The molecule has 1 saturated carbocycles. The number of hydrogen-bond acceptors (Lipinski definition) is 3. The van der Waals surface area contributed by atoms with E-state index in [9.17, 15) is 4.79 Å². The average molecular weight is 214 g/mol. The maximum atomic E-state index is 11.6. The third kappa shape index (κ3) is 3.47. The van der Waals surface area contributed by atoms with Crippen LogP contribution in [0, 0.1) is 5.41 Å². The van der Waals surface area contributed by atoms with Gasteiger partial charge in [0.15, 0.2) is 0 Å². The SMILES string of the molecule is CC(CCO)NC(=O)CC1(CN)CCC1. The number of aliphatic hydroxyl groups is 1. The fourth-order valence-corrected chi connectivity index (χ4v) is 2.06. The topological polar surface area (TPSA) is 75.3 Å². The van der Waals surface area contributed by atoms with Gasteiger partial charge in [-0.3, -0.25) is 4.79 Å². The third-order valence-electron chi connectivity index (χ3n) is 3.35. The summed E-state index contributed by atoms with van der Waals surface area (Å²) in [4.78, 5) is 11.6. The summed E-state index contributed by atoms with van der Waals surface area (Å²) in [5.41, 5.74) is 5.76. The molecule has 4 heteroatoms. The Kier molecular flexibility index (Phi) is 4.54. The lowest BCUT2D eigenvalue weighted by Crippen LogP contribution is -2.43. The van der Waals surface area contributed by atoms with Crippen LogP contribution in [0.2, 0.25) is 0 Å². The van der Waals surface area contributed by atoms with E-state index in [-0.39, 0.29) is 24.0 Å². The molecule has 0 spiro atoms. The zero-order valence-electron chi connectivity index (χ0n) is 9.46. The van der Waals surface area contributed by atoms with Gasteiger partial charge in [0, 0.05) is 19.1 Å². The summed E-state index contributed by atoms with van der Waals surface area (Å²) >= 11 is 0. The highest BCUT2D eigenvalue weighted by molar-refractivity contribution is 5.77. The van der Waals surface area contributed by atoms with E-state index in [4.69, 9.17) is 10.8 Å². The zero-order valence-corrected chi connectivity index (χ0v) is 9.46. The van der Waals surface area contributed by atoms with Gasteiger partial charge in [0.1, 0.15) is 0 Å². The predicted octanol–water partition coefficient (Wildman–Crippen LogP) is 0.393. The van der Waals surface area contributed by atoms with Crippen LogP contribution in [-0.2, 0) is 4.79 Å². The quantitative estimate of drug-likeness (QED) is 0.599. The minimum atomic E-state index is 0.0531. The van der Waals surface area contributed by atoms with Crippen LogP contribution in [0.15, 0.2) is 0 Å². The zero-order chi connectivity index (χ0) is 11.3. The lowest BCUT2D eigenvalue weighted by atomic mass is 9.66. The third-order valence-corrected chi connectivity index (χ3v) is 3.35. The number of carbonyl (C=O) groups excluding carboxylic acids is 1. The van der Waals surface area contributed by atoms with Gasteiger partial charge in [-0.2, -0.15) is 0 Å². The van der Waals surface area contributed by atoms with Crippen molar-refractivity contribution in [3.63, 3.8) is 0 Å². The molecule has 0 bridgehead atoms. The summed E-state index contributed by atoms with van der Waals surface area (Å²) in [7, 11) is 0. The molecule has 0 aromatic rings. The van der Waals surface area contributed by atoms with Gasteiger partial charge >= 0.3 is 0 Å². The highest BCUT2D eigenvalue weighted by Gasteiger charge is 2.37. The van der Waals surface area contributed by atoms with E-state index in [0.29, 0.717) is 19.4 Å². The molecule has 1 aliphatic rings. The second kappa shape index (κ2) is 5.47. The molecule has 1 atom stereocenters. The lowest BCUT2D eigenvalue weighted by Gasteiger charge is -2.40. The standard InChI is InChI=1S/C11H22N2O2/c1-9(3-6-14)13-10(15)7-11(8-12)4-2-5-11/h9,14H,2-8,12H2,1H3,(H,13,15). The Hall–Kier alpha value is -0.610. The summed E-state index contributed by atoms with van der Waals surface area (Å²) in [5, 5.41) is 11.6. The Balaban J connectivity index is 2.28. The summed E-state index contributed by atoms with van der Waals surface area (Å²) in [6.07, 6.45) is 4.49. The first-order valence-electron chi connectivity index (χ1n) is 5.72. The molecular weight excluding hydrogens is 192 g/mol. The molecule has 0 aliphatic heterocycles. The van der Waals surface area contributed by atoms with E-state index < -0.39 is 0 Å². The Bertz CT molecular complexity index is 209. The van der Waals surface area contributed by atoms with Crippen molar-refractivity contribution in [2.75, 3.05) is 13.2 Å². The van der Waals surface area contributed by atoms with E-state index in [1.165, 1.54) is 6.42 Å². The van der Waals surface area contributed by atoms with Gasteiger partial charge in [0.2, 0.25) is 5.91 Å². The largest absolute Gasteiger partial charge is 0.396 e. The van der Waals surface area contributed by atoms with Gasteiger partial charge in [0.25, 0.3) is 0 Å². The molecule has 1 unspecified atom stereocenters. The molecule has 1 fully saturated rings. The van der Waals surface area contributed by atoms with E-state index >= 15 is 0 Å². The van der Waals surface area contributed by atoms with Crippen LogP contribution in [-0.4, -0.2) is 30.2 Å². The van der Waals surface area contributed by atoms with Gasteiger partial charge in [-0.05, 0) is 38.1 Å². The maximum Gasteiger partial charge on any atom is 0.220 e. The Morgan fingerprint density at radius 2 is 2.27 bits per heavy atom. The van der Waals surface area contributed by atoms with Crippen molar-refractivity contribution in [3.8, 4) is 0 Å². The van der Waals surface area contributed by atoms with Crippen LogP contribution in [0.4, 0.5) is 0 Å². The first-order valence-corrected chi connectivity index (χ1v) is 5.72. The smallest absolute Gasteiger partial charge is 0.220 e. The van der Waals surface area contributed by atoms with Crippen LogP contribution in [0.3, 0.4) is 0 Å². The minimum Gasteiger partial charge on any atom is -0.396 e. The normalized spacial score (nSPS) is 20.5. The number of nitrogens with two attached hydrogens (primary N) is 1. The van der Waals surface area contributed by atoms with Gasteiger partial charge in [-0.25, -0.2) is 0 Å². The molecule has 1 rings (SSSR count). The summed E-state index contributed by atoms with van der Waals surface area (Å²) in [6, 6.07) is 0.0531. The van der Waals surface area contributed by atoms with E-state index in [2.05, 4.69) is 5.32 Å². The molecule has 4 nitrogen and oxygen atoms in total. The van der Waals surface area contributed by atoms with Crippen molar-refractivity contribution in [2.24, 2.45) is 11.1 Å². The monoisotopic (exact) mass is 214 g/mol. The van der Waals surface area contributed by atoms with Crippen molar-refractivity contribution in [2.45, 2.75) is 45.1 Å². The Labute approximate surface area is 91.2 Å². The van der Waals surface area contributed by atoms with Gasteiger partial charge in [0.05, 0.1) is 0 Å². The van der Waals surface area contributed by atoms with E-state index in [0.717, 1.165) is 12.8 Å². The van der Waals surface area contributed by atoms with Crippen LogP contribution >= 0.6 is 0 Å². The number of nitrogens with one attached hydrogen (secondary N) is 1. The number of hydrogen-bond donors (Lipinski definition) is 3. The molecule has 1 amide bonds. The molecule has 0 aromatic heterocycles. The van der Waals surface area contributed by atoms with Crippen LogP contribution < -0.4 is 11.1 Å². The Morgan fingerprint density at radius 1 is 1.60 bits per heavy atom. The van der Waals surface area contributed by atoms with Crippen molar-refractivity contribution >= 4 is 5.91 Å². The molecule has 0 heterocycles. The first kappa shape index (κ1) is 12.5. The molecule has 88 valence electrons. The average Bonchev–Trinajstić information content (AvgIpc) is 2.11. The van der Waals surface area contributed by atoms with Crippen LogP contribution in [0.25, 0.3) is 0 Å². The van der Waals surface area contributed by atoms with Crippen LogP contribution in [0.5, 0.6) is 0 Å². The van der Waals surface area contributed by atoms with E-state index in [1.54, 1.807) is 0 Å². The van der Waals surface area contributed by atoms with Gasteiger partial charge in [-0.15, -0.1) is 0 Å². The second-order valence-electron chi connectivity index (χ2n) is 4.72. The molecule has 0 aromatic carbocycles. The molecular formula is C11H22N2O2. The minimum absolute atomic E-state index is 0.0531. The molecule has 15 heavy (non-hydrogen) atoms. The van der Waals surface area contributed by atoms with Gasteiger partial charge < -0.3 is 16.2 Å². The predicted molar refractivity (Wildman–Crippen MR) is 59.3 cm³/mol. The fourth-order valence-electron chi connectivity index (χ4n) is 2.06. The number of amides is 1. The van der Waals surface area contributed by atoms with E-state index in [1.807, 2.05) is 6.92 Å². The number of carbonyl (C=O) groups is 1. The summed E-state index contributed by atoms with van der Waals surface area (Å²) in [5.74, 6) is 0.0705. The summed E-state index contributed by atoms with van der Waals surface area (Å²) < 4.78 is 0. The second-order valence-corrected chi connectivity index (χ2v) is 4.72. The van der Waals surface area contributed by atoms with Gasteiger partial charge in [-0.1, -0.05) is 6.42 Å². The van der Waals surface area contributed by atoms with Crippen molar-refractivity contribution in [1.29, 1.82) is 0 Å². The Morgan fingerprint density at radius 3 is 2.67 bits per heavy atom. The van der Waals surface area contributed by atoms with Crippen molar-refractivity contribution < 1.29 is 9.90 Å². The highest BCUT2D eigenvalue weighted by atomic mass is 16.3. The van der Waals surface area contributed by atoms with Crippen LogP contribution in [0.1, 0.15) is 39.0 Å². The number of aliphatic hydroxyl groups excluding tert-OH is 1. The van der Waals surface area contributed by atoms with Crippen molar-refractivity contribution in [3.05, 3.63) is 0 Å². The molecule has 4 N–H and O–H groups in total. The highest BCUT2D eigenvalue weighted by Crippen LogP contribution is 2.42. The first-order chi connectivity index (χ1) is 7.12. The fraction of sp³-hybridized carbons (Fsp3) is 0.909. The maximum absolute atomic E-state index is 11.6. The summed E-state index contributed by atoms with van der Waals surface area (Å²) in [6.45, 7) is 2.63. The molecule has 1 aliphatic carbocycles. The molecule has 0 radical (unpaired) electrons.